The Morgan fingerprint density at radius 2 is 1.84 bits per heavy atom. The van der Waals surface area contributed by atoms with E-state index in [1.54, 1.807) is 25.3 Å². The van der Waals surface area contributed by atoms with Crippen LogP contribution in [0.15, 0.2) is 36.4 Å². The first-order chi connectivity index (χ1) is 9.02. The number of hydrogen-bond donors (Lipinski definition) is 1. The van der Waals surface area contributed by atoms with Crippen molar-refractivity contribution in [2.24, 2.45) is 5.73 Å². The molecule has 2 aromatic carbocycles. The van der Waals surface area contributed by atoms with Crippen molar-refractivity contribution in [1.82, 2.24) is 0 Å². The summed E-state index contributed by atoms with van der Waals surface area (Å²) in [7, 11) is 1.64. The maximum absolute atomic E-state index is 6.26. The van der Waals surface area contributed by atoms with Crippen molar-refractivity contribution in [2.75, 3.05) is 7.11 Å². The Morgan fingerprint density at radius 1 is 1.11 bits per heavy atom. The molecule has 0 heterocycles. The second-order valence-corrected chi connectivity index (χ2v) is 5.22. The molecule has 2 aromatic rings. The van der Waals surface area contributed by atoms with E-state index in [-0.39, 0.29) is 6.04 Å². The largest absolute Gasteiger partial charge is 0.496 e. The van der Waals surface area contributed by atoms with Crippen LogP contribution in [0.5, 0.6) is 5.75 Å². The Labute approximate surface area is 123 Å². The summed E-state index contributed by atoms with van der Waals surface area (Å²) in [5.41, 5.74) is 9.07. The zero-order valence-corrected chi connectivity index (χ0v) is 12.3. The average Bonchev–Trinajstić information content (AvgIpc) is 2.41. The monoisotopic (exact) mass is 295 g/mol. The number of aryl methyl sites for hydroxylation is 1. The first-order valence-corrected chi connectivity index (χ1v) is 6.63. The van der Waals surface area contributed by atoms with Gasteiger partial charge in [0, 0.05) is 10.0 Å². The van der Waals surface area contributed by atoms with Gasteiger partial charge < -0.3 is 10.5 Å². The van der Waals surface area contributed by atoms with Gasteiger partial charge in [-0.05, 0) is 47.9 Å². The lowest BCUT2D eigenvalue weighted by Crippen LogP contribution is -2.12. The molecule has 0 aliphatic carbocycles. The molecule has 0 radical (unpaired) electrons. The van der Waals surface area contributed by atoms with E-state index < -0.39 is 0 Å². The number of rotatable bonds is 3. The summed E-state index contributed by atoms with van der Waals surface area (Å²) in [6.45, 7) is 1.99. The lowest BCUT2D eigenvalue weighted by molar-refractivity contribution is 0.411. The smallest absolute Gasteiger partial charge is 0.122 e. The Kier molecular flexibility index (Phi) is 4.35. The Bertz CT molecular complexity index is 599. The van der Waals surface area contributed by atoms with Crippen molar-refractivity contribution in [3.8, 4) is 5.75 Å². The van der Waals surface area contributed by atoms with E-state index in [2.05, 4.69) is 0 Å². The van der Waals surface area contributed by atoms with Crippen molar-refractivity contribution in [3.63, 3.8) is 0 Å². The van der Waals surface area contributed by atoms with E-state index in [4.69, 9.17) is 33.7 Å². The Morgan fingerprint density at radius 3 is 2.53 bits per heavy atom. The third kappa shape index (κ3) is 3.03. The van der Waals surface area contributed by atoms with E-state index in [0.29, 0.717) is 10.0 Å². The Hall–Kier alpha value is -1.22. The first kappa shape index (κ1) is 14.2. The molecule has 0 aliphatic rings. The molecule has 0 bridgehead atoms. The molecule has 0 saturated heterocycles. The molecule has 0 aromatic heterocycles. The summed E-state index contributed by atoms with van der Waals surface area (Å²) < 4.78 is 5.31. The van der Waals surface area contributed by atoms with Gasteiger partial charge in [0.1, 0.15) is 5.75 Å². The SMILES string of the molecule is COc1cc(C(N)c2cc(Cl)ccc2Cl)ccc1C. The van der Waals surface area contributed by atoms with Gasteiger partial charge in [0.15, 0.2) is 0 Å². The maximum atomic E-state index is 6.26. The number of benzene rings is 2. The van der Waals surface area contributed by atoms with E-state index in [1.165, 1.54) is 0 Å². The lowest BCUT2D eigenvalue weighted by Gasteiger charge is -2.16. The van der Waals surface area contributed by atoms with Crippen molar-refractivity contribution < 1.29 is 4.74 Å². The van der Waals surface area contributed by atoms with Crippen LogP contribution in [-0.4, -0.2) is 7.11 Å². The number of nitrogens with two attached hydrogens (primary N) is 1. The van der Waals surface area contributed by atoms with Gasteiger partial charge in [-0.15, -0.1) is 0 Å². The molecule has 0 amide bonds. The van der Waals surface area contributed by atoms with Crippen molar-refractivity contribution in [2.45, 2.75) is 13.0 Å². The van der Waals surface area contributed by atoms with Crippen LogP contribution in [0.4, 0.5) is 0 Å². The van der Waals surface area contributed by atoms with Gasteiger partial charge in [0.25, 0.3) is 0 Å². The van der Waals surface area contributed by atoms with Crippen LogP contribution in [0, 0.1) is 6.92 Å². The highest BCUT2D eigenvalue weighted by atomic mass is 35.5. The highest BCUT2D eigenvalue weighted by Gasteiger charge is 2.14. The fourth-order valence-corrected chi connectivity index (χ4v) is 2.38. The van der Waals surface area contributed by atoms with E-state index in [1.807, 2.05) is 25.1 Å². The summed E-state index contributed by atoms with van der Waals surface area (Å²) in [5, 5.41) is 1.23. The summed E-state index contributed by atoms with van der Waals surface area (Å²) >= 11 is 12.2. The summed E-state index contributed by atoms with van der Waals surface area (Å²) in [6.07, 6.45) is 0. The van der Waals surface area contributed by atoms with Crippen LogP contribution in [0.1, 0.15) is 22.7 Å². The highest BCUT2D eigenvalue weighted by Crippen LogP contribution is 2.31. The number of ether oxygens (including phenoxy) is 1. The second kappa shape index (κ2) is 5.83. The predicted molar refractivity (Wildman–Crippen MR) is 80.2 cm³/mol. The van der Waals surface area contributed by atoms with Crippen LogP contribution in [0.2, 0.25) is 10.0 Å². The lowest BCUT2D eigenvalue weighted by atomic mass is 9.98. The molecule has 0 aliphatic heterocycles. The number of halogens is 2. The van der Waals surface area contributed by atoms with Crippen molar-refractivity contribution in [1.29, 1.82) is 0 Å². The van der Waals surface area contributed by atoms with Crippen LogP contribution in [-0.2, 0) is 0 Å². The molecule has 4 heteroatoms. The topological polar surface area (TPSA) is 35.2 Å². The number of hydrogen-bond acceptors (Lipinski definition) is 2. The molecule has 1 unspecified atom stereocenters. The van der Waals surface area contributed by atoms with Gasteiger partial charge in [-0.3, -0.25) is 0 Å². The summed E-state index contributed by atoms with van der Waals surface area (Å²) in [6, 6.07) is 10.8. The highest BCUT2D eigenvalue weighted by molar-refractivity contribution is 6.33. The molecule has 0 spiro atoms. The van der Waals surface area contributed by atoms with Crippen molar-refractivity contribution in [3.05, 3.63) is 63.1 Å². The fraction of sp³-hybridized carbons (Fsp3) is 0.200. The molecule has 2 N–H and O–H groups in total. The molecule has 0 saturated carbocycles. The maximum Gasteiger partial charge on any atom is 0.122 e. The second-order valence-electron chi connectivity index (χ2n) is 4.37. The van der Waals surface area contributed by atoms with Crippen LogP contribution in [0.25, 0.3) is 0 Å². The molecule has 100 valence electrons. The summed E-state index contributed by atoms with van der Waals surface area (Å²) in [4.78, 5) is 0. The van der Waals surface area contributed by atoms with Gasteiger partial charge >= 0.3 is 0 Å². The summed E-state index contributed by atoms with van der Waals surface area (Å²) in [5.74, 6) is 0.811. The molecular weight excluding hydrogens is 281 g/mol. The van der Waals surface area contributed by atoms with Gasteiger partial charge in [0.05, 0.1) is 13.2 Å². The third-order valence-electron chi connectivity index (χ3n) is 3.08. The molecule has 19 heavy (non-hydrogen) atoms. The normalized spacial score (nSPS) is 12.3. The molecule has 2 nitrogen and oxygen atoms in total. The molecule has 0 fully saturated rings. The average molecular weight is 296 g/mol. The third-order valence-corrected chi connectivity index (χ3v) is 3.66. The molecular formula is C15H15Cl2NO. The number of methoxy groups -OCH3 is 1. The zero-order valence-electron chi connectivity index (χ0n) is 10.8. The first-order valence-electron chi connectivity index (χ1n) is 5.88. The molecule has 2 rings (SSSR count). The Balaban J connectivity index is 2.43. The van der Waals surface area contributed by atoms with Crippen LogP contribution < -0.4 is 10.5 Å². The quantitative estimate of drug-likeness (QED) is 0.913. The van der Waals surface area contributed by atoms with E-state index >= 15 is 0 Å². The molecule has 1 atom stereocenters. The zero-order chi connectivity index (χ0) is 14.0. The fourth-order valence-electron chi connectivity index (χ4n) is 1.96. The minimum Gasteiger partial charge on any atom is -0.496 e. The van der Waals surface area contributed by atoms with E-state index in [0.717, 1.165) is 22.4 Å². The predicted octanol–water partition coefficient (Wildman–Crippen LogP) is 4.36. The van der Waals surface area contributed by atoms with Gasteiger partial charge in [-0.25, -0.2) is 0 Å². The van der Waals surface area contributed by atoms with Crippen LogP contribution >= 0.6 is 23.2 Å². The van der Waals surface area contributed by atoms with Crippen LogP contribution in [0.3, 0.4) is 0 Å². The van der Waals surface area contributed by atoms with Gasteiger partial charge in [-0.1, -0.05) is 35.3 Å². The van der Waals surface area contributed by atoms with Gasteiger partial charge in [-0.2, -0.15) is 0 Å². The van der Waals surface area contributed by atoms with E-state index in [9.17, 15) is 0 Å². The minimum atomic E-state index is -0.333. The standard InChI is InChI=1S/C15H15Cl2NO/c1-9-3-4-10(7-14(9)19-2)15(18)12-8-11(16)5-6-13(12)17/h3-8,15H,18H2,1-2H3. The van der Waals surface area contributed by atoms with Crippen molar-refractivity contribution >= 4 is 23.2 Å². The van der Waals surface area contributed by atoms with Gasteiger partial charge in [0.2, 0.25) is 0 Å². The minimum absolute atomic E-state index is 0.333.